The number of benzene rings is 1. The van der Waals surface area contributed by atoms with Crippen LogP contribution in [0, 0.1) is 0 Å². The Balaban J connectivity index is 2.28. The van der Waals surface area contributed by atoms with Gasteiger partial charge in [0.1, 0.15) is 0 Å². The van der Waals surface area contributed by atoms with Crippen LogP contribution in [0.3, 0.4) is 0 Å². The van der Waals surface area contributed by atoms with E-state index in [1.54, 1.807) is 6.07 Å². The summed E-state index contributed by atoms with van der Waals surface area (Å²) < 4.78 is 0. The van der Waals surface area contributed by atoms with E-state index in [1.165, 1.54) is 23.4 Å². The van der Waals surface area contributed by atoms with Crippen LogP contribution in [0.25, 0.3) is 10.9 Å². The van der Waals surface area contributed by atoms with E-state index >= 15 is 0 Å². The van der Waals surface area contributed by atoms with E-state index in [-0.39, 0.29) is 0 Å². The maximum absolute atomic E-state index is 6.38. The van der Waals surface area contributed by atoms with Crippen molar-refractivity contribution >= 4 is 39.8 Å². The molecule has 0 aliphatic heterocycles. The molecule has 0 spiro atoms. The molecule has 0 radical (unpaired) electrons. The average Bonchev–Trinajstić information content (AvgIpc) is 2.82. The number of aryl methyl sites for hydroxylation is 1. The Morgan fingerprint density at radius 1 is 1.26 bits per heavy atom. The summed E-state index contributed by atoms with van der Waals surface area (Å²) in [7, 11) is 0. The van der Waals surface area contributed by atoms with Crippen molar-refractivity contribution in [2.75, 3.05) is 11.9 Å². The van der Waals surface area contributed by atoms with Crippen LogP contribution < -0.4 is 5.32 Å². The first-order chi connectivity index (χ1) is 9.20. The molecule has 100 valence electrons. The number of pyridine rings is 1. The molecule has 0 atom stereocenters. The van der Waals surface area contributed by atoms with Gasteiger partial charge in [-0.15, -0.1) is 0 Å². The SMILES string of the molecule is CCCNc1c2c(nc3cc(Cl)cc(Cl)c13)CCC2. The zero-order valence-corrected chi connectivity index (χ0v) is 12.4. The van der Waals surface area contributed by atoms with E-state index in [1.807, 2.05) is 6.07 Å². The molecule has 0 unspecified atom stereocenters. The van der Waals surface area contributed by atoms with Gasteiger partial charge in [0.15, 0.2) is 0 Å². The molecule has 4 heteroatoms. The molecular formula is C15H16Cl2N2. The molecule has 0 fully saturated rings. The minimum absolute atomic E-state index is 0.643. The second kappa shape index (κ2) is 5.18. The van der Waals surface area contributed by atoms with Crippen molar-refractivity contribution in [2.24, 2.45) is 0 Å². The van der Waals surface area contributed by atoms with Gasteiger partial charge in [0.05, 0.1) is 16.2 Å². The van der Waals surface area contributed by atoms with Gasteiger partial charge in [0.25, 0.3) is 0 Å². The molecule has 1 aromatic heterocycles. The van der Waals surface area contributed by atoms with Crippen molar-refractivity contribution in [1.82, 2.24) is 4.98 Å². The molecule has 0 amide bonds. The molecule has 2 nitrogen and oxygen atoms in total. The topological polar surface area (TPSA) is 24.9 Å². The van der Waals surface area contributed by atoms with E-state index in [2.05, 4.69) is 12.2 Å². The van der Waals surface area contributed by atoms with Gasteiger partial charge in [-0.3, -0.25) is 4.98 Å². The lowest BCUT2D eigenvalue weighted by Gasteiger charge is -2.15. The highest BCUT2D eigenvalue weighted by Crippen LogP contribution is 2.38. The van der Waals surface area contributed by atoms with E-state index < -0.39 is 0 Å². The second-order valence-corrected chi connectivity index (χ2v) is 5.82. The summed E-state index contributed by atoms with van der Waals surface area (Å²) in [6.45, 7) is 3.11. The Bertz CT molecular complexity index is 638. The maximum atomic E-state index is 6.38. The number of nitrogens with zero attached hydrogens (tertiary/aromatic N) is 1. The van der Waals surface area contributed by atoms with Crippen molar-refractivity contribution in [2.45, 2.75) is 32.6 Å². The highest BCUT2D eigenvalue weighted by Gasteiger charge is 2.21. The number of nitrogens with one attached hydrogen (secondary N) is 1. The number of hydrogen-bond donors (Lipinski definition) is 1. The third-order valence-electron chi connectivity index (χ3n) is 3.58. The Labute approximate surface area is 123 Å². The fourth-order valence-corrected chi connectivity index (χ4v) is 3.33. The van der Waals surface area contributed by atoms with Crippen LogP contribution in [0.4, 0.5) is 5.69 Å². The lowest BCUT2D eigenvalue weighted by molar-refractivity contribution is 0.900. The van der Waals surface area contributed by atoms with Crippen LogP contribution in [0.15, 0.2) is 12.1 Å². The quantitative estimate of drug-likeness (QED) is 0.875. The summed E-state index contributed by atoms with van der Waals surface area (Å²) in [4.78, 5) is 4.74. The van der Waals surface area contributed by atoms with Crippen LogP contribution in [-0.2, 0) is 12.8 Å². The molecule has 0 saturated carbocycles. The van der Waals surface area contributed by atoms with Crippen LogP contribution in [0.5, 0.6) is 0 Å². The van der Waals surface area contributed by atoms with Gasteiger partial charge in [-0.05, 0) is 43.4 Å². The van der Waals surface area contributed by atoms with E-state index in [4.69, 9.17) is 28.2 Å². The zero-order chi connectivity index (χ0) is 13.4. The van der Waals surface area contributed by atoms with Crippen molar-refractivity contribution < 1.29 is 0 Å². The predicted molar refractivity (Wildman–Crippen MR) is 82.6 cm³/mol. The average molecular weight is 295 g/mol. The number of hydrogen-bond acceptors (Lipinski definition) is 2. The van der Waals surface area contributed by atoms with Crippen molar-refractivity contribution in [3.8, 4) is 0 Å². The number of fused-ring (bicyclic) bond motifs is 2. The molecule has 0 bridgehead atoms. The van der Waals surface area contributed by atoms with E-state index in [9.17, 15) is 0 Å². The molecule has 2 aromatic rings. The zero-order valence-electron chi connectivity index (χ0n) is 10.9. The van der Waals surface area contributed by atoms with Gasteiger partial charge in [-0.2, -0.15) is 0 Å². The van der Waals surface area contributed by atoms with Gasteiger partial charge in [0.2, 0.25) is 0 Å². The molecular weight excluding hydrogens is 279 g/mol. The standard InChI is InChI=1S/C15H16Cl2N2/c1-2-6-18-15-10-4-3-5-12(10)19-13-8-9(16)7-11(17)14(13)15/h7-8H,2-6H2,1H3,(H,18,19). The summed E-state index contributed by atoms with van der Waals surface area (Å²) in [5.41, 5.74) is 4.60. The van der Waals surface area contributed by atoms with Gasteiger partial charge in [-0.1, -0.05) is 30.1 Å². The number of aromatic nitrogens is 1. The Kier molecular flexibility index (Phi) is 3.55. The lowest BCUT2D eigenvalue weighted by atomic mass is 10.1. The Morgan fingerprint density at radius 3 is 2.89 bits per heavy atom. The molecule has 1 N–H and O–H groups in total. The molecule has 0 saturated heterocycles. The number of rotatable bonds is 3. The van der Waals surface area contributed by atoms with Crippen LogP contribution in [-0.4, -0.2) is 11.5 Å². The first kappa shape index (κ1) is 13.0. The molecule has 1 aromatic carbocycles. The van der Waals surface area contributed by atoms with Crippen LogP contribution in [0.1, 0.15) is 31.0 Å². The number of halogens is 2. The highest BCUT2D eigenvalue weighted by molar-refractivity contribution is 6.39. The fraction of sp³-hybridized carbons (Fsp3) is 0.400. The summed E-state index contributed by atoms with van der Waals surface area (Å²) in [5, 5.41) is 5.87. The lowest BCUT2D eigenvalue weighted by Crippen LogP contribution is -2.05. The normalized spacial score (nSPS) is 13.8. The van der Waals surface area contributed by atoms with Crippen molar-refractivity contribution in [3.05, 3.63) is 33.4 Å². The number of anilines is 1. The maximum Gasteiger partial charge on any atom is 0.0756 e. The smallest absolute Gasteiger partial charge is 0.0756 e. The Morgan fingerprint density at radius 2 is 2.11 bits per heavy atom. The van der Waals surface area contributed by atoms with E-state index in [0.717, 1.165) is 36.7 Å². The minimum Gasteiger partial charge on any atom is -0.384 e. The van der Waals surface area contributed by atoms with Gasteiger partial charge >= 0.3 is 0 Å². The van der Waals surface area contributed by atoms with Crippen LogP contribution in [0.2, 0.25) is 10.0 Å². The first-order valence-electron chi connectivity index (χ1n) is 6.75. The van der Waals surface area contributed by atoms with Crippen LogP contribution >= 0.6 is 23.2 Å². The molecule has 1 heterocycles. The molecule has 1 aliphatic rings. The van der Waals surface area contributed by atoms with Gasteiger partial charge < -0.3 is 5.32 Å². The highest BCUT2D eigenvalue weighted by atomic mass is 35.5. The molecule has 19 heavy (non-hydrogen) atoms. The second-order valence-electron chi connectivity index (χ2n) is 4.97. The molecule has 1 aliphatic carbocycles. The fourth-order valence-electron chi connectivity index (χ4n) is 2.76. The Hall–Kier alpha value is -0.990. The minimum atomic E-state index is 0.643. The van der Waals surface area contributed by atoms with Crippen molar-refractivity contribution in [1.29, 1.82) is 0 Å². The summed E-state index contributed by atoms with van der Waals surface area (Å²) in [6.07, 6.45) is 4.40. The van der Waals surface area contributed by atoms with E-state index in [0.29, 0.717) is 10.0 Å². The summed E-state index contributed by atoms with van der Waals surface area (Å²) in [6, 6.07) is 3.70. The third kappa shape index (κ3) is 2.28. The first-order valence-corrected chi connectivity index (χ1v) is 7.50. The predicted octanol–water partition coefficient (Wildman–Crippen LogP) is 4.85. The van der Waals surface area contributed by atoms with Crippen molar-refractivity contribution in [3.63, 3.8) is 0 Å². The van der Waals surface area contributed by atoms with Gasteiger partial charge in [0, 0.05) is 22.6 Å². The summed E-state index contributed by atoms with van der Waals surface area (Å²) >= 11 is 12.5. The monoisotopic (exact) mass is 294 g/mol. The largest absolute Gasteiger partial charge is 0.384 e. The molecule has 3 rings (SSSR count). The van der Waals surface area contributed by atoms with Gasteiger partial charge in [-0.25, -0.2) is 0 Å². The summed E-state index contributed by atoms with van der Waals surface area (Å²) in [5.74, 6) is 0. The third-order valence-corrected chi connectivity index (χ3v) is 4.10.